The minimum absolute atomic E-state index is 0.0149. The molecule has 2 aliphatic heterocycles. The SMILES string of the molecule is O=C1CC(NCCN2CCSCC2)C(=O)N1C1CCCC1. The van der Waals surface area contributed by atoms with E-state index >= 15 is 0 Å². The molecule has 1 aliphatic carbocycles. The minimum Gasteiger partial charge on any atom is -0.304 e. The fourth-order valence-corrected chi connectivity index (χ4v) is 4.56. The Morgan fingerprint density at radius 2 is 1.86 bits per heavy atom. The van der Waals surface area contributed by atoms with Gasteiger partial charge in [0.25, 0.3) is 0 Å². The highest BCUT2D eigenvalue weighted by Gasteiger charge is 2.42. The van der Waals surface area contributed by atoms with Gasteiger partial charge in [-0.1, -0.05) is 12.8 Å². The largest absolute Gasteiger partial charge is 0.304 e. The van der Waals surface area contributed by atoms with Crippen molar-refractivity contribution in [2.75, 3.05) is 37.7 Å². The number of nitrogens with zero attached hydrogens (tertiary/aromatic N) is 2. The molecule has 21 heavy (non-hydrogen) atoms. The second-order valence-corrected chi connectivity index (χ2v) is 7.43. The van der Waals surface area contributed by atoms with Crippen LogP contribution in [-0.2, 0) is 9.59 Å². The molecule has 5 nitrogen and oxygen atoms in total. The summed E-state index contributed by atoms with van der Waals surface area (Å²) in [5, 5.41) is 3.30. The molecule has 1 N–H and O–H groups in total. The van der Waals surface area contributed by atoms with Crippen LogP contribution in [-0.4, -0.2) is 71.4 Å². The molecule has 0 aromatic heterocycles. The van der Waals surface area contributed by atoms with Gasteiger partial charge in [-0.25, -0.2) is 0 Å². The van der Waals surface area contributed by atoms with Gasteiger partial charge in [-0.3, -0.25) is 14.5 Å². The topological polar surface area (TPSA) is 52.7 Å². The number of hydrogen-bond acceptors (Lipinski definition) is 5. The Morgan fingerprint density at radius 1 is 1.14 bits per heavy atom. The lowest BCUT2D eigenvalue weighted by Gasteiger charge is -2.26. The van der Waals surface area contributed by atoms with Crippen LogP contribution in [0.3, 0.4) is 0 Å². The van der Waals surface area contributed by atoms with Crippen LogP contribution >= 0.6 is 11.8 Å². The monoisotopic (exact) mass is 311 g/mol. The van der Waals surface area contributed by atoms with Crippen molar-refractivity contribution in [2.45, 2.75) is 44.2 Å². The van der Waals surface area contributed by atoms with Gasteiger partial charge in [0.05, 0.1) is 12.5 Å². The van der Waals surface area contributed by atoms with Gasteiger partial charge >= 0.3 is 0 Å². The highest BCUT2D eigenvalue weighted by atomic mass is 32.2. The molecule has 3 aliphatic rings. The van der Waals surface area contributed by atoms with Gasteiger partial charge in [-0.15, -0.1) is 0 Å². The summed E-state index contributed by atoms with van der Waals surface area (Å²) >= 11 is 2.00. The Hall–Kier alpha value is -0.590. The van der Waals surface area contributed by atoms with E-state index in [-0.39, 0.29) is 23.9 Å². The summed E-state index contributed by atoms with van der Waals surface area (Å²) in [5.74, 6) is 2.45. The summed E-state index contributed by atoms with van der Waals surface area (Å²) in [5.41, 5.74) is 0. The second-order valence-electron chi connectivity index (χ2n) is 6.21. The molecular weight excluding hydrogens is 286 g/mol. The van der Waals surface area contributed by atoms with E-state index in [1.165, 1.54) is 11.5 Å². The molecule has 3 fully saturated rings. The molecule has 3 rings (SSSR count). The maximum atomic E-state index is 12.4. The molecule has 0 bridgehead atoms. The van der Waals surface area contributed by atoms with E-state index in [1.807, 2.05) is 11.8 Å². The number of carbonyl (C=O) groups is 2. The van der Waals surface area contributed by atoms with Crippen molar-refractivity contribution >= 4 is 23.6 Å². The molecule has 2 saturated heterocycles. The first-order valence-electron chi connectivity index (χ1n) is 8.15. The van der Waals surface area contributed by atoms with Crippen LogP contribution in [0.5, 0.6) is 0 Å². The molecular formula is C15H25N3O2S. The number of likely N-dealkylation sites (tertiary alicyclic amines) is 1. The lowest BCUT2D eigenvalue weighted by Crippen LogP contribution is -2.45. The first kappa shape index (κ1) is 15.3. The van der Waals surface area contributed by atoms with E-state index < -0.39 is 0 Å². The Kier molecular flexibility index (Phi) is 5.19. The van der Waals surface area contributed by atoms with Crippen LogP contribution in [0.1, 0.15) is 32.1 Å². The van der Waals surface area contributed by atoms with E-state index in [1.54, 1.807) is 4.90 Å². The average Bonchev–Trinajstić information content (AvgIpc) is 3.09. The zero-order valence-corrected chi connectivity index (χ0v) is 13.4. The standard InChI is InChI=1S/C15H25N3O2S/c19-14-11-13(15(20)18(14)12-3-1-2-4-12)16-5-6-17-7-9-21-10-8-17/h12-13,16H,1-11H2. The molecule has 0 aromatic carbocycles. The van der Waals surface area contributed by atoms with Crippen LogP contribution in [0, 0.1) is 0 Å². The van der Waals surface area contributed by atoms with Crippen molar-refractivity contribution in [2.24, 2.45) is 0 Å². The fourth-order valence-electron chi connectivity index (χ4n) is 3.58. The Bertz CT molecular complexity index is 392. The lowest BCUT2D eigenvalue weighted by atomic mass is 10.2. The predicted octanol–water partition coefficient (Wildman–Crippen LogP) is 0.695. The molecule has 0 spiro atoms. The number of nitrogens with one attached hydrogen (secondary N) is 1. The van der Waals surface area contributed by atoms with Gasteiger partial charge in [-0.05, 0) is 12.8 Å². The van der Waals surface area contributed by atoms with Crippen molar-refractivity contribution in [1.29, 1.82) is 0 Å². The normalized spacial score (nSPS) is 28.8. The molecule has 1 atom stereocenters. The van der Waals surface area contributed by atoms with E-state index in [4.69, 9.17) is 0 Å². The number of thioether (sulfide) groups is 1. The van der Waals surface area contributed by atoms with Crippen molar-refractivity contribution in [3.8, 4) is 0 Å². The van der Waals surface area contributed by atoms with Crippen molar-refractivity contribution in [3.05, 3.63) is 0 Å². The second kappa shape index (κ2) is 7.11. The summed E-state index contributed by atoms with van der Waals surface area (Å²) in [6.07, 6.45) is 4.63. The van der Waals surface area contributed by atoms with Crippen LogP contribution < -0.4 is 5.32 Å². The third-order valence-corrected chi connectivity index (χ3v) is 5.74. The number of rotatable bonds is 5. The van der Waals surface area contributed by atoms with Gasteiger partial charge in [0, 0.05) is 43.7 Å². The number of amides is 2. The van der Waals surface area contributed by atoms with Gasteiger partial charge in [0.15, 0.2) is 0 Å². The van der Waals surface area contributed by atoms with E-state index in [0.717, 1.165) is 51.9 Å². The smallest absolute Gasteiger partial charge is 0.247 e. The molecule has 118 valence electrons. The molecule has 6 heteroatoms. The number of hydrogen-bond donors (Lipinski definition) is 1. The molecule has 1 saturated carbocycles. The van der Waals surface area contributed by atoms with Crippen molar-refractivity contribution in [3.63, 3.8) is 0 Å². The number of imide groups is 1. The van der Waals surface area contributed by atoms with Crippen LogP contribution in [0.15, 0.2) is 0 Å². The van der Waals surface area contributed by atoms with Crippen molar-refractivity contribution in [1.82, 2.24) is 15.1 Å². The minimum atomic E-state index is -0.280. The third kappa shape index (κ3) is 3.60. The Labute approximate surface area is 130 Å². The first-order chi connectivity index (χ1) is 10.3. The number of carbonyl (C=O) groups excluding carboxylic acids is 2. The summed E-state index contributed by atoms with van der Waals surface area (Å²) < 4.78 is 0. The van der Waals surface area contributed by atoms with Gasteiger partial charge in [0.2, 0.25) is 11.8 Å². The zero-order valence-electron chi connectivity index (χ0n) is 12.6. The van der Waals surface area contributed by atoms with E-state index in [0.29, 0.717) is 6.42 Å². The predicted molar refractivity (Wildman–Crippen MR) is 84.3 cm³/mol. The molecule has 0 aromatic rings. The van der Waals surface area contributed by atoms with Crippen molar-refractivity contribution < 1.29 is 9.59 Å². The summed E-state index contributed by atoms with van der Waals surface area (Å²) in [6, 6.07) is -0.104. The average molecular weight is 311 g/mol. The maximum absolute atomic E-state index is 12.4. The summed E-state index contributed by atoms with van der Waals surface area (Å²) in [6.45, 7) is 4.05. The van der Waals surface area contributed by atoms with E-state index in [9.17, 15) is 9.59 Å². The van der Waals surface area contributed by atoms with Crippen LogP contribution in [0.4, 0.5) is 0 Å². The van der Waals surface area contributed by atoms with Gasteiger partial charge in [0.1, 0.15) is 0 Å². The van der Waals surface area contributed by atoms with E-state index in [2.05, 4.69) is 10.2 Å². The third-order valence-electron chi connectivity index (χ3n) is 4.80. The van der Waals surface area contributed by atoms with Gasteiger partial charge in [-0.2, -0.15) is 11.8 Å². The Balaban J connectivity index is 1.45. The lowest BCUT2D eigenvalue weighted by molar-refractivity contribution is -0.141. The Morgan fingerprint density at radius 3 is 2.57 bits per heavy atom. The van der Waals surface area contributed by atoms with Crippen LogP contribution in [0.25, 0.3) is 0 Å². The molecule has 1 unspecified atom stereocenters. The highest BCUT2D eigenvalue weighted by Crippen LogP contribution is 2.28. The van der Waals surface area contributed by atoms with Crippen LogP contribution in [0.2, 0.25) is 0 Å². The highest BCUT2D eigenvalue weighted by molar-refractivity contribution is 7.99. The summed E-state index contributed by atoms with van der Waals surface area (Å²) in [7, 11) is 0. The first-order valence-corrected chi connectivity index (χ1v) is 9.30. The zero-order chi connectivity index (χ0) is 14.7. The molecule has 2 amide bonds. The molecule has 2 heterocycles. The fraction of sp³-hybridized carbons (Fsp3) is 0.867. The van der Waals surface area contributed by atoms with Gasteiger partial charge < -0.3 is 10.2 Å². The summed E-state index contributed by atoms with van der Waals surface area (Å²) in [4.78, 5) is 28.5. The molecule has 0 radical (unpaired) electrons. The maximum Gasteiger partial charge on any atom is 0.247 e. The quantitative estimate of drug-likeness (QED) is 0.757.